The Hall–Kier alpha value is -2.87. The second-order valence-electron chi connectivity index (χ2n) is 7.95. The first kappa shape index (κ1) is 23.8. The molecule has 2 aromatic rings. The van der Waals surface area contributed by atoms with Gasteiger partial charge >= 0.3 is 5.97 Å². The third-order valence-electron chi connectivity index (χ3n) is 5.44. The molecule has 32 heavy (non-hydrogen) atoms. The van der Waals surface area contributed by atoms with Crippen LogP contribution < -0.4 is 4.72 Å². The van der Waals surface area contributed by atoms with Crippen LogP contribution in [0, 0.1) is 0 Å². The second-order valence-corrected chi connectivity index (χ2v) is 9.63. The number of unbranched alkanes of at least 4 members (excludes halogenated alkanes) is 1. The van der Waals surface area contributed by atoms with Crippen molar-refractivity contribution in [2.24, 2.45) is 0 Å². The Morgan fingerprint density at radius 1 is 1.03 bits per heavy atom. The molecule has 0 unspecified atom stereocenters. The molecule has 1 heterocycles. The fourth-order valence-electron chi connectivity index (χ4n) is 3.57. The summed E-state index contributed by atoms with van der Waals surface area (Å²) in [5.41, 5.74) is 1.68. The van der Waals surface area contributed by atoms with Crippen LogP contribution in [0.2, 0.25) is 0 Å². The van der Waals surface area contributed by atoms with Gasteiger partial charge in [0.25, 0.3) is 15.9 Å². The smallest absolute Gasteiger partial charge is 0.338 e. The number of anilines is 1. The maximum Gasteiger partial charge on any atom is 0.338 e. The van der Waals surface area contributed by atoms with Crippen LogP contribution in [0.15, 0.2) is 53.4 Å². The topological polar surface area (TPSA) is 92.8 Å². The quantitative estimate of drug-likeness (QED) is 0.574. The molecule has 0 saturated carbocycles. The van der Waals surface area contributed by atoms with Gasteiger partial charge in [-0.15, -0.1) is 0 Å². The molecule has 8 heteroatoms. The molecule has 0 spiro atoms. The van der Waals surface area contributed by atoms with Crippen molar-refractivity contribution < 1.29 is 22.7 Å². The molecule has 0 radical (unpaired) electrons. The Labute approximate surface area is 189 Å². The number of ether oxygens (including phenoxy) is 1. The van der Waals surface area contributed by atoms with Crippen LogP contribution in [0.3, 0.4) is 0 Å². The van der Waals surface area contributed by atoms with E-state index in [9.17, 15) is 18.0 Å². The van der Waals surface area contributed by atoms with E-state index in [0.29, 0.717) is 18.8 Å². The summed E-state index contributed by atoms with van der Waals surface area (Å²) in [7, 11) is -3.88. The molecular weight excluding hydrogens is 428 g/mol. The predicted molar refractivity (Wildman–Crippen MR) is 123 cm³/mol. The molecule has 0 bridgehead atoms. The largest absolute Gasteiger partial charge is 0.452 e. The summed E-state index contributed by atoms with van der Waals surface area (Å²) in [6.07, 6.45) is 6.13. The van der Waals surface area contributed by atoms with Crippen molar-refractivity contribution in [3.8, 4) is 0 Å². The molecule has 1 saturated heterocycles. The van der Waals surface area contributed by atoms with E-state index in [1.165, 1.54) is 24.3 Å². The number of likely N-dealkylation sites (tertiary alicyclic amines) is 1. The number of carbonyl (C=O) groups is 2. The van der Waals surface area contributed by atoms with E-state index in [1.54, 1.807) is 17.0 Å². The summed E-state index contributed by atoms with van der Waals surface area (Å²) in [4.78, 5) is 26.2. The van der Waals surface area contributed by atoms with Crippen molar-refractivity contribution in [3.63, 3.8) is 0 Å². The van der Waals surface area contributed by atoms with Gasteiger partial charge in [0.1, 0.15) is 0 Å². The van der Waals surface area contributed by atoms with Gasteiger partial charge in [0.15, 0.2) is 6.61 Å². The number of hydrogen-bond acceptors (Lipinski definition) is 5. The summed E-state index contributed by atoms with van der Waals surface area (Å²) < 4.78 is 33.2. The average molecular weight is 459 g/mol. The van der Waals surface area contributed by atoms with Crippen LogP contribution in [0.1, 0.15) is 54.9 Å². The van der Waals surface area contributed by atoms with E-state index >= 15 is 0 Å². The third-order valence-corrected chi connectivity index (χ3v) is 6.82. The Balaban J connectivity index is 1.62. The molecule has 1 aliphatic rings. The van der Waals surface area contributed by atoms with Gasteiger partial charge in [-0.05, 0) is 68.0 Å². The zero-order chi connectivity index (χ0) is 23.0. The van der Waals surface area contributed by atoms with Gasteiger partial charge in [0, 0.05) is 18.8 Å². The molecule has 3 rings (SSSR count). The molecule has 172 valence electrons. The SMILES string of the molecule is CCCCc1ccc(NS(=O)(=O)c2cccc(C(=O)OCC(=O)N3CCCCC3)c2)cc1. The molecular formula is C24H30N2O5S. The first-order valence-corrected chi connectivity index (χ1v) is 12.5. The van der Waals surface area contributed by atoms with Crippen LogP contribution in [-0.2, 0) is 26.0 Å². The zero-order valence-electron chi connectivity index (χ0n) is 18.4. The van der Waals surface area contributed by atoms with Gasteiger partial charge in [-0.25, -0.2) is 13.2 Å². The number of piperidine rings is 1. The van der Waals surface area contributed by atoms with E-state index in [1.807, 2.05) is 12.1 Å². The Morgan fingerprint density at radius 3 is 2.44 bits per heavy atom. The number of aryl methyl sites for hydroxylation is 1. The number of sulfonamides is 1. The number of carbonyl (C=O) groups excluding carboxylic acids is 2. The average Bonchev–Trinajstić information content (AvgIpc) is 2.82. The van der Waals surface area contributed by atoms with Gasteiger partial charge in [0.2, 0.25) is 0 Å². The van der Waals surface area contributed by atoms with Crippen molar-refractivity contribution in [1.82, 2.24) is 4.90 Å². The Bertz CT molecular complexity index is 1030. The fourth-order valence-corrected chi connectivity index (χ4v) is 4.67. The number of amides is 1. The highest BCUT2D eigenvalue weighted by molar-refractivity contribution is 7.92. The molecule has 0 aromatic heterocycles. The lowest BCUT2D eigenvalue weighted by atomic mass is 10.1. The lowest BCUT2D eigenvalue weighted by molar-refractivity contribution is -0.135. The maximum absolute atomic E-state index is 12.8. The predicted octanol–water partition coefficient (Wildman–Crippen LogP) is 4.00. The van der Waals surface area contributed by atoms with Gasteiger partial charge in [0.05, 0.1) is 10.5 Å². The standard InChI is InChI=1S/C24H30N2O5S/c1-2-3-8-19-11-13-21(14-12-19)25-32(29,30)22-10-7-9-20(17-22)24(28)31-18-23(27)26-15-5-4-6-16-26/h7,9-14,17,25H,2-6,8,15-16,18H2,1H3. The normalized spacial score (nSPS) is 14.1. The number of nitrogens with zero attached hydrogens (tertiary/aromatic N) is 1. The van der Waals surface area contributed by atoms with Crippen LogP contribution in [0.25, 0.3) is 0 Å². The van der Waals surface area contributed by atoms with Crippen LogP contribution in [0.5, 0.6) is 0 Å². The maximum atomic E-state index is 12.8. The lowest BCUT2D eigenvalue weighted by Crippen LogP contribution is -2.38. The number of benzene rings is 2. The zero-order valence-corrected chi connectivity index (χ0v) is 19.2. The van der Waals surface area contributed by atoms with Crippen LogP contribution in [0.4, 0.5) is 5.69 Å². The molecule has 1 N–H and O–H groups in total. The summed E-state index contributed by atoms with van der Waals surface area (Å²) >= 11 is 0. The Morgan fingerprint density at radius 2 is 1.75 bits per heavy atom. The first-order valence-electron chi connectivity index (χ1n) is 11.1. The first-order chi connectivity index (χ1) is 15.4. The van der Waals surface area contributed by atoms with Gasteiger partial charge in [-0.3, -0.25) is 9.52 Å². The van der Waals surface area contributed by atoms with Crippen molar-refractivity contribution >= 4 is 27.6 Å². The van der Waals surface area contributed by atoms with E-state index in [-0.39, 0.29) is 23.0 Å². The summed E-state index contributed by atoms with van der Waals surface area (Å²) in [6, 6.07) is 12.9. The molecule has 1 fully saturated rings. The van der Waals surface area contributed by atoms with Crippen molar-refractivity contribution in [2.45, 2.75) is 50.3 Å². The monoisotopic (exact) mass is 458 g/mol. The van der Waals surface area contributed by atoms with Crippen molar-refractivity contribution in [3.05, 3.63) is 59.7 Å². The minimum Gasteiger partial charge on any atom is -0.452 e. The van der Waals surface area contributed by atoms with Crippen molar-refractivity contribution in [2.75, 3.05) is 24.4 Å². The highest BCUT2D eigenvalue weighted by Gasteiger charge is 2.20. The number of hydrogen-bond donors (Lipinski definition) is 1. The highest BCUT2D eigenvalue weighted by atomic mass is 32.2. The van der Waals surface area contributed by atoms with Gasteiger partial charge in [-0.1, -0.05) is 31.5 Å². The lowest BCUT2D eigenvalue weighted by Gasteiger charge is -2.26. The summed E-state index contributed by atoms with van der Waals surface area (Å²) in [5.74, 6) is -0.960. The minimum absolute atomic E-state index is 0.0515. The number of esters is 1. The molecule has 7 nitrogen and oxygen atoms in total. The minimum atomic E-state index is -3.88. The molecule has 1 aliphatic heterocycles. The summed E-state index contributed by atoms with van der Waals surface area (Å²) in [5, 5.41) is 0. The molecule has 1 amide bonds. The van der Waals surface area contributed by atoms with Gasteiger partial charge in [-0.2, -0.15) is 0 Å². The fraction of sp³-hybridized carbons (Fsp3) is 0.417. The third kappa shape index (κ3) is 6.56. The number of rotatable bonds is 9. The molecule has 0 atom stereocenters. The van der Waals surface area contributed by atoms with Gasteiger partial charge < -0.3 is 9.64 Å². The van der Waals surface area contributed by atoms with E-state index < -0.39 is 16.0 Å². The van der Waals surface area contributed by atoms with E-state index in [4.69, 9.17) is 4.74 Å². The second kappa shape index (κ2) is 11.1. The van der Waals surface area contributed by atoms with E-state index in [0.717, 1.165) is 44.1 Å². The Kier molecular flexibility index (Phi) is 8.27. The highest BCUT2D eigenvalue weighted by Crippen LogP contribution is 2.19. The van der Waals surface area contributed by atoms with E-state index in [2.05, 4.69) is 11.6 Å². The van der Waals surface area contributed by atoms with Crippen LogP contribution in [-0.4, -0.2) is 44.9 Å². The van der Waals surface area contributed by atoms with Crippen LogP contribution >= 0.6 is 0 Å². The summed E-state index contributed by atoms with van der Waals surface area (Å²) in [6.45, 7) is 3.13. The van der Waals surface area contributed by atoms with Crippen molar-refractivity contribution in [1.29, 1.82) is 0 Å². The molecule has 0 aliphatic carbocycles. The number of nitrogens with one attached hydrogen (secondary N) is 1. The molecule has 2 aromatic carbocycles.